The molecule has 0 aliphatic heterocycles. The molecule has 0 atom stereocenters. The highest BCUT2D eigenvalue weighted by molar-refractivity contribution is 5.32. The van der Waals surface area contributed by atoms with Crippen molar-refractivity contribution in [3.05, 3.63) is 34.6 Å². The van der Waals surface area contributed by atoms with Crippen LogP contribution in [0.2, 0.25) is 0 Å². The molecule has 0 aliphatic carbocycles. The fourth-order valence-electron chi connectivity index (χ4n) is 1.77. The van der Waals surface area contributed by atoms with Crippen molar-refractivity contribution in [2.45, 2.75) is 39.5 Å². The van der Waals surface area contributed by atoms with Gasteiger partial charge in [0.1, 0.15) is 5.82 Å². The summed E-state index contributed by atoms with van der Waals surface area (Å²) in [4.78, 5) is 0. The van der Waals surface area contributed by atoms with Gasteiger partial charge in [-0.2, -0.15) is 0 Å². The summed E-state index contributed by atoms with van der Waals surface area (Å²) < 4.78 is 13.4. The van der Waals surface area contributed by atoms with Gasteiger partial charge in [-0.05, 0) is 61.9 Å². The number of aryl methyl sites for hydroxylation is 3. The van der Waals surface area contributed by atoms with E-state index in [0.29, 0.717) is 0 Å². The van der Waals surface area contributed by atoms with Gasteiger partial charge in [0.2, 0.25) is 0 Å². The zero-order valence-corrected chi connectivity index (χ0v) is 9.65. The van der Waals surface area contributed by atoms with Crippen LogP contribution in [-0.4, -0.2) is 6.54 Å². The van der Waals surface area contributed by atoms with Gasteiger partial charge in [-0.1, -0.05) is 13.0 Å². The third kappa shape index (κ3) is 3.31. The standard InChI is InChI=1S/C13H20FN/c1-3-11-9-12(6-4-5-7-15)10(2)8-13(11)14/h8-9H,3-7,15H2,1-2H3. The normalized spacial score (nSPS) is 10.7. The molecule has 2 N–H and O–H groups in total. The smallest absolute Gasteiger partial charge is 0.126 e. The van der Waals surface area contributed by atoms with E-state index in [4.69, 9.17) is 5.73 Å². The maximum Gasteiger partial charge on any atom is 0.126 e. The van der Waals surface area contributed by atoms with Gasteiger partial charge in [-0.15, -0.1) is 0 Å². The molecule has 0 saturated heterocycles. The Morgan fingerprint density at radius 1 is 1.20 bits per heavy atom. The molecule has 0 spiro atoms. The first-order valence-electron chi connectivity index (χ1n) is 5.67. The highest BCUT2D eigenvalue weighted by atomic mass is 19.1. The first kappa shape index (κ1) is 12.2. The Labute approximate surface area is 91.5 Å². The van der Waals surface area contributed by atoms with Crippen LogP contribution in [0.5, 0.6) is 0 Å². The summed E-state index contributed by atoms with van der Waals surface area (Å²) >= 11 is 0. The summed E-state index contributed by atoms with van der Waals surface area (Å²) in [5.41, 5.74) is 8.60. The van der Waals surface area contributed by atoms with Gasteiger partial charge in [-0.25, -0.2) is 4.39 Å². The maximum absolute atomic E-state index is 13.4. The predicted octanol–water partition coefficient (Wildman–Crippen LogP) is 2.98. The molecule has 1 nitrogen and oxygen atoms in total. The number of nitrogens with two attached hydrogens (primary N) is 1. The lowest BCUT2D eigenvalue weighted by Crippen LogP contribution is -2.01. The average molecular weight is 209 g/mol. The molecule has 15 heavy (non-hydrogen) atoms. The third-order valence-electron chi connectivity index (χ3n) is 2.79. The van der Waals surface area contributed by atoms with E-state index >= 15 is 0 Å². The zero-order chi connectivity index (χ0) is 11.3. The number of hydrogen-bond acceptors (Lipinski definition) is 1. The van der Waals surface area contributed by atoms with E-state index in [0.717, 1.165) is 43.4 Å². The minimum Gasteiger partial charge on any atom is -0.330 e. The van der Waals surface area contributed by atoms with E-state index in [9.17, 15) is 4.39 Å². The van der Waals surface area contributed by atoms with E-state index in [1.807, 2.05) is 19.9 Å². The molecule has 1 aromatic carbocycles. The molecule has 0 bridgehead atoms. The minimum absolute atomic E-state index is 0.0717. The summed E-state index contributed by atoms with van der Waals surface area (Å²) in [6.07, 6.45) is 3.90. The van der Waals surface area contributed by atoms with Crippen molar-refractivity contribution in [2.24, 2.45) is 5.73 Å². The Hall–Kier alpha value is -0.890. The zero-order valence-electron chi connectivity index (χ0n) is 9.65. The molecule has 1 aromatic rings. The molecular formula is C13H20FN. The monoisotopic (exact) mass is 209 g/mol. The van der Waals surface area contributed by atoms with Crippen LogP contribution in [0.3, 0.4) is 0 Å². The molecule has 0 aliphatic rings. The molecule has 0 fully saturated rings. The second-order valence-electron chi connectivity index (χ2n) is 3.97. The molecule has 2 heteroatoms. The number of rotatable bonds is 5. The first-order valence-corrected chi connectivity index (χ1v) is 5.67. The summed E-state index contributed by atoms with van der Waals surface area (Å²) in [5, 5.41) is 0. The molecule has 0 aromatic heterocycles. The van der Waals surface area contributed by atoms with E-state index in [1.165, 1.54) is 5.56 Å². The highest BCUT2D eigenvalue weighted by Crippen LogP contribution is 2.17. The second-order valence-corrected chi connectivity index (χ2v) is 3.97. The lowest BCUT2D eigenvalue weighted by atomic mass is 9.98. The van der Waals surface area contributed by atoms with Crippen molar-refractivity contribution in [1.29, 1.82) is 0 Å². The molecule has 0 saturated carbocycles. The molecule has 0 heterocycles. The number of hydrogen-bond donors (Lipinski definition) is 1. The van der Waals surface area contributed by atoms with Gasteiger partial charge in [0, 0.05) is 0 Å². The van der Waals surface area contributed by atoms with Gasteiger partial charge in [-0.3, -0.25) is 0 Å². The van der Waals surface area contributed by atoms with Gasteiger partial charge in [0.15, 0.2) is 0 Å². The van der Waals surface area contributed by atoms with Crippen LogP contribution < -0.4 is 5.73 Å². The number of unbranched alkanes of at least 4 members (excludes halogenated alkanes) is 1. The summed E-state index contributed by atoms with van der Waals surface area (Å²) in [6.45, 7) is 4.69. The van der Waals surface area contributed by atoms with Crippen molar-refractivity contribution >= 4 is 0 Å². The largest absolute Gasteiger partial charge is 0.330 e. The van der Waals surface area contributed by atoms with Crippen LogP contribution in [0.1, 0.15) is 36.5 Å². The molecule has 0 radical (unpaired) electrons. The Bertz CT molecular complexity index is 321. The molecule has 0 amide bonds. The Morgan fingerprint density at radius 2 is 1.93 bits per heavy atom. The Balaban J connectivity index is 2.78. The van der Waals surface area contributed by atoms with Gasteiger partial charge >= 0.3 is 0 Å². The van der Waals surface area contributed by atoms with Crippen LogP contribution in [0.4, 0.5) is 4.39 Å². The van der Waals surface area contributed by atoms with Crippen LogP contribution in [0, 0.1) is 12.7 Å². The quantitative estimate of drug-likeness (QED) is 0.741. The number of benzene rings is 1. The van der Waals surface area contributed by atoms with Crippen molar-refractivity contribution in [3.63, 3.8) is 0 Å². The molecule has 84 valence electrons. The Kier molecular flexibility index (Phi) is 4.76. The minimum atomic E-state index is -0.0717. The van der Waals surface area contributed by atoms with E-state index < -0.39 is 0 Å². The van der Waals surface area contributed by atoms with Crippen LogP contribution in [0.25, 0.3) is 0 Å². The van der Waals surface area contributed by atoms with Crippen molar-refractivity contribution < 1.29 is 4.39 Å². The molecule has 1 rings (SSSR count). The average Bonchev–Trinajstić information content (AvgIpc) is 2.21. The fourth-order valence-corrected chi connectivity index (χ4v) is 1.77. The van der Waals surface area contributed by atoms with E-state index in [1.54, 1.807) is 6.07 Å². The summed E-state index contributed by atoms with van der Waals surface area (Å²) in [6, 6.07) is 3.65. The molecule has 0 unspecified atom stereocenters. The third-order valence-corrected chi connectivity index (χ3v) is 2.79. The van der Waals surface area contributed by atoms with Gasteiger partial charge < -0.3 is 5.73 Å². The number of halogens is 1. The highest BCUT2D eigenvalue weighted by Gasteiger charge is 2.05. The van der Waals surface area contributed by atoms with Crippen LogP contribution in [-0.2, 0) is 12.8 Å². The lowest BCUT2D eigenvalue weighted by molar-refractivity contribution is 0.609. The second kappa shape index (κ2) is 5.86. The van der Waals surface area contributed by atoms with Crippen molar-refractivity contribution in [1.82, 2.24) is 0 Å². The molecular weight excluding hydrogens is 189 g/mol. The van der Waals surface area contributed by atoms with E-state index in [2.05, 4.69) is 0 Å². The van der Waals surface area contributed by atoms with Gasteiger partial charge in [0.05, 0.1) is 0 Å². The maximum atomic E-state index is 13.4. The van der Waals surface area contributed by atoms with Crippen LogP contribution in [0.15, 0.2) is 12.1 Å². The predicted molar refractivity (Wildman–Crippen MR) is 62.5 cm³/mol. The van der Waals surface area contributed by atoms with E-state index in [-0.39, 0.29) is 5.82 Å². The van der Waals surface area contributed by atoms with Crippen LogP contribution >= 0.6 is 0 Å². The summed E-state index contributed by atoms with van der Waals surface area (Å²) in [5.74, 6) is -0.0717. The van der Waals surface area contributed by atoms with Crippen molar-refractivity contribution in [3.8, 4) is 0 Å². The lowest BCUT2D eigenvalue weighted by Gasteiger charge is -2.09. The first-order chi connectivity index (χ1) is 7.19. The topological polar surface area (TPSA) is 26.0 Å². The Morgan fingerprint density at radius 3 is 2.53 bits per heavy atom. The summed E-state index contributed by atoms with van der Waals surface area (Å²) in [7, 11) is 0. The van der Waals surface area contributed by atoms with Crippen molar-refractivity contribution in [2.75, 3.05) is 6.54 Å². The fraction of sp³-hybridized carbons (Fsp3) is 0.538. The van der Waals surface area contributed by atoms with Gasteiger partial charge in [0.25, 0.3) is 0 Å². The SMILES string of the molecule is CCc1cc(CCCCN)c(C)cc1F.